The van der Waals surface area contributed by atoms with E-state index in [1.54, 1.807) is 4.90 Å². The Labute approximate surface area is 162 Å². The number of amides is 2. The number of rotatable bonds is 3. The Bertz CT molecular complexity index is 823. The third-order valence-corrected chi connectivity index (χ3v) is 6.07. The van der Waals surface area contributed by atoms with Crippen molar-refractivity contribution < 1.29 is 19.4 Å². The Morgan fingerprint density at radius 2 is 2.11 bits per heavy atom. The van der Waals surface area contributed by atoms with Crippen molar-refractivity contribution in [2.24, 2.45) is 5.92 Å². The lowest BCUT2D eigenvalue weighted by Crippen LogP contribution is -2.51. The molecule has 27 heavy (non-hydrogen) atoms. The molecular weight excluding hydrogens is 364 g/mol. The van der Waals surface area contributed by atoms with Crippen LogP contribution in [0.1, 0.15) is 27.7 Å². The highest BCUT2D eigenvalue weighted by atomic mass is 32.1. The van der Waals surface area contributed by atoms with E-state index in [1.807, 2.05) is 46.7 Å². The van der Waals surface area contributed by atoms with Gasteiger partial charge in [-0.3, -0.25) is 9.59 Å². The molecule has 0 unspecified atom stereocenters. The van der Waals surface area contributed by atoms with E-state index in [9.17, 15) is 14.7 Å². The maximum absolute atomic E-state index is 13.2. The van der Waals surface area contributed by atoms with Gasteiger partial charge in [-0.05, 0) is 17.5 Å². The molecule has 2 atom stereocenters. The molecule has 2 aromatic rings. The molecule has 1 saturated heterocycles. The molecule has 1 fully saturated rings. The molecule has 0 spiro atoms. The zero-order valence-corrected chi connectivity index (χ0v) is 15.7. The van der Waals surface area contributed by atoms with Gasteiger partial charge in [-0.25, -0.2) is 0 Å². The first kappa shape index (κ1) is 18.0. The van der Waals surface area contributed by atoms with Gasteiger partial charge in [0.25, 0.3) is 5.91 Å². The number of aliphatic hydroxyl groups excluding tert-OH is 1. The summed E-state index contributed by atoms with van der Waals surface area (Å²) in [6.07, 6.45) is 0.253. The van der Waals surface area contributed by atoms with Gasteiger partial charge in [-0.1, -0.05) is 24.3 Å². The molecule has 0 bridgehead atoms. The number of hydrogen-bond acceptors (Lipinski definition) is 5. The van der Waals surface area contributed by atoms with Crippen molar-refractivity contribution in [3.05, 3.63) is 52.2 Å². The van der Waals surface area contributed by atoms with Crippen LogP contribution in [0.2, 0.25) is 0 Å². The maximum Gasteiger partial charge on any atom is 0.264 e. The first-order chi connectivity index (χ1) is 13.2. The van der Waals surface area contributed by atoms with E-state index in [2.05, 4.69) is 0 Å². The van der Waals surface area contributed by atoms with E-state index in [1.165, 1.54) is 11.3 Å². The zero-order valence-electron chi connectivity index (χ0n) is 14.9. The highest BCUT2D eigenvalue weighted by molar-refractivity contribution is 7.12. The molecule has 2 amide bonds. The van der Waals surface area contributed by atoms with Crippen LogP contribution in [0.25, 0.3) is 0 Å². The summed E-state index contributed by atoms with van der Waals surface area (Å²) in [6.45, 7) is 1.49. The van der Waals surface area contributed by atoms with Gasteiger partial charge in [0.1, 0.15) is 5.75 Å². The second kappa shape index (κ2) is 7.70. The number of para-hydroxylation sites is 1. The molecule has 2 aliphatic heterocycles. The normalized spacial score (nSPS) is 22.3. The number of β-amino-alcohol motifs (C(OH)–C–C–N with tert-alkyl or cyclic N) is 1. The van der Waals surface area contributed by atoms with Crippen molar-refractivity contribution in [3.63, 3.8) is 0 Å². The molecule has 1 aromatic heterocycles. The summed E-state index contributed by atoms with van der Waals surface area (Å²) in [5, 5.41) is 11.2. The molecule has 2 aliphatic rings. The van der Waals surface area contributed by atoms with Gasteiger partial charge in [-0.15, -0.1) is 11.3 Å². The maximum atomic E-state index is 13.2. The van der Waals surface area contributed by atoms with Crippen LogP contribution in [-0.4, -0.2) is 59.6 Å². The number of carbonyl (C=O) groups is 2. The molecule has 3 heterocycles. The fourth-order valence-electron chi connectivity index (χ4n) is 3.98. The first-order valence-electron chi connectivity index (χ1n) is 9.14. The van der Waals surface area contributed by atoms with Gasteiger partial charge in [0.2, 0.25) is 5.91 Å². The summed E-state index contributed by atoms with van der Waals surface area (Å²) in [5.74, 6) is 0.674. The minimum absolute atomic E-state index is 0.0367. The minimum Gasteiger partial charge on any atom is -0.493 e. The Morgan fingerprint density at radius 3 is 2.89 bits per heavy atom. The molecule has 142 valence electrons. The third-order valence-electron chi connectivity index (χ3n) is 5.21. The average Bonchev–Trinajstić information content (AvgIpc) is 3.22. The van der Waals surface area contributed by atoms with Crippen LogP contribution in [0.5, 0.6) is 5.75 Å². The van der Waals surface area contributed by atoms with Crippen LogP contribution in [0.3, 0.4) is 0 Å². The monoisotopic (exact) mass is 386 g/mol. The van der Waals surface area contributed by atoms with Crippen molar-refractivity contribution in [1.82, 2.24) is 9.80 Å². The van der Waals surface area contributed by atoms with E-state index in [0.717, 1.165) is 11.3 Å². The summed E-state index contributed by atoms with van der Waals surface area (Å²) < 4.78 is 5.93. The van der Waals surface area contributed by atoms with E-state index in [4.69, 9.17) is 4.74 Å². The van der Waals surface area contributed by atoms with Crippen molar-refractivity contribution in [3.8, 4) is 5.75 Å². The Hall–Kier alpha value is -2.38. The lowest BCUT2D eigenvalue weighted by molar-refractivity contribution is -0.134. The molecule has 6 nitrogen and oxygen atoms in total. The largest absolute Gasteiger partial charge is 0.493 e. The second-order valence-electron chi connectivity index (χ2n) is 6.84. The van der Waals surface area contributed by atoms with Gasteiger partial charge in [0.15, 0.2) is 0 Å². The number of carbonyl (C=O) groups excluding carboxylic acids is 2. The molecule has 1 N–H and O–H groups in total. The number of ether oxygens (including phenoxy) is 1. The highest BCUT2D eigenvalue weighted by Gasteiger charge is 2.41. The van der Waals surface area contributed by atoms with Crippen LogP contribution < -0.4 is 4.74 Å². The van der Waals surface area contributed by atoms with E-state index in [0.29, 0.717) is 31.1 Å². The predicted octanol–water partition coefficient (Wildman–Crippen LogP) is 2.16. The van der Waals surface area contributed by atoms with Crippen LogP contribution in [0.4, 0.5) is 0 Å². The molecular formula is C20H22N2O4S. The number of hydrogen-bond donors (Lipinski definition) is 1. The van der Waals surface area contributed by atoms with Crippen molar-refractivity contribution in [2.45, 2.75) is 12.5 Å². The molecule has 0 radical (unpaired) electrons. The van der Waals surface area contributed by atoms with E-state index >= 15 is 0 Å². The summed E-state index contributed by atoms with van der Waals surface area (Å²) in [6, 6.07) is 11.3. The molecule has 1 aromatic carbocycles. The van der Waals surface area contributed by atoms with E-state index < -0.39 is 0 Å². The van der Waals surface area contributed by atoms with E-state index in [-0.39, 0.29) is 36.8 Å². The lowest BCUT2D eigenvalue weighted by atomic mass is 9.87. The van der Waals surface area contributed by atoms with Crippen molar-refractivity contribution in [1.29, 1.82) is 0 Å². The molecule has 4 rings (SSSR count). The molecule has 7 heteroatoms. The smallest absolute Gasteiger partial charge is 0.264 e. The highest BCUT2D eigenvalue weighted by Crippen LogP contribution is 2.41. The predicted molar refractivity (Wildman–Crippen MR) is 102 cm³/mol. The standard InChI is InChI=1S/C20H22N2O4S/c23-10-9-21-12-14-13-26-16-5-2-1-4-15(16)19(14)22(8-7-18(21)24)20(25)17-6-3-11-27-17/h1-6,11,14,19,23H,7-10,12-13H2/t14-,19-/m0/s1. The number of nitrogens with zero attached hydrogens (tertiary/aromatic N) is 2. The third kappa shape index (κ3) is 3.44. The van der Waals surface area contributed by atoms with Crippen LogP contribution in [0.15, 0.2) is 41.8 Å². The van der Waals surface area contributed by atoms with Crippen molar-refractivity contribution in [2.75, 3.05) is 32.8 Å². The lowest BCUT2D eigenvalue weighted by Gasteiger charge is -2.44. The van der Waals surface area contributed by atoms with Gasteiger partial charge < -0.3 is 19.6 Å². The Kier molecular flexibility index (Phi) is 5.13. The van der Waals surface area contributed by atoms with Gasteiger partial charge in [0.05, 0.1) is 24.1 Å². The fourth-order valence-corrected chi connectivity index (χ4v) is 4.66. The van der Waals surface area contributed by atoms with Crippen LogP contribution in [-0.2, 0) is 4.79 Å². The number of fused-ring (bicyclic) bond motifs is 3. The summed E-state index contributed by atoms with van der Waals surface area (Å²) in [5.41, 5.74) is 0.983. The van der Waals surface area contributed by atoms with Crippen molar-refractivity contribution >= 4 is 23.2 Å². The SMILES string of the molecule is O=C1CCN(C(=O)c2cccs2)[C@@H]2c3ccccc3OC[C@@H]2CN1CCO. The Balaban J connectivity index is 1.74. The fraction of sp³-hybridized carbons (Fsp3) is 0.400. The van der Waals surface area contributed by atoms with Gasteiger partial charge >= 0.3 is 0 Å². The summed E-state index contributed by atoms with van der Waals surface area (Å²) in [7, 11) is 0. The van der Waals surface area contributed by atoms with Gasteiger partial charge in [0, 0.05) is 37.5 Å². The number of aliphatic hydroxyl groups is 1. The minimum atomic E-state index is -0.154. The molecule has 0 saturated carbocycles. The number of thiophene rings is 1. The summed E-state index contributed by atoms with van der Waals surface area (Å²) in [4.78, 5) is 30.0. The average molecular weight is 386 g/mol. The topological polar surface area (TPSA) is 70.1 Å². The van der Waals surface area contributed by atoms with Crippen LogP contribution >= 0.6 is 11.3 Å². The molecule has 0 aliphatic carbocycles. The Morgan fingerprint density at radius 1 is 1.26 bits per heavy atom. The van der Waals surface area contributed by atoms with Crippen LogP contribution in [0, 0.1) is 5.92 Å². The second-order valence-corrected chi connectivity index (χ2v) is 7.79. The number of benzene rings is 1. The zero-order chi connectivity index (χ0) is 18.8. The quantitative estimate of drug-likeness (QED) is 0.878. The van der Waals surface area contributed by atoms with Gasteiger partial charge in [-0.2, -0.15) is 0 Å². The summed E-state index contributed by atoms with van der Waals surface area (Å²) >= 11 is 1.42. The first-order valence-corrected chi connectivity index (χ1v) is 10.0.